The van der Waals surface area contributed by atoms with Gasteiger partial charge in [-0.2, -0.15) is 0 Å². The molecule has 4 heterocycles. The van der Waals surface area contributed by atoms with Crippen LogP contribution in [0.5, 0.6) is 5.75 Å². The van der Waals surface area contributed by atoms with Crippen molar-refractivity contribution < 1.29 is 28.5 Å². The monoisotopic (exact) mass is 429 g/mol. The summed E-state index contributed by atoms with van der Waals surface area (Å²) in [5.41, 5.74) is 4.91. The Morgan fingerprint density at radius 3 is 2.71 bits per heavy atom. The minimum absolute atomic E-state index is 0.0104. The van der Waals surface area contributed by atoms with Gasteiger partial charge >= 0.3 is 5.97 Å². The van der Waals surface area contributed by atoms with Gasteiger partial charge in [0.1, 0.15) is 6.61 Å². The van der Waals surface area contributed by atoms with Crippen molar-refractivity contribution >= 4 is 16.9 Å². The van der Waals surface area contributed by atoms with Crippen LogP contribution in [0.3, 0.4) is 0 Å². The van der Waals surface area contributed by atoms with Crippen LogP contribution >= 0.6 is 0 Å². The summed E-state index contributed by atoms with van der Waals surface area (Å²) in [6.45, 7) is 1.18. The minimum Gasteiger partial charge on any atom is -0.503 e. The smallest absolute Gasteiger partial charge is 0.343 e. The molecule has 8 nitrogen and oxygen atoms in total. The Bertz CT molecular complexity index is 1380. The first kappa shape index (κ1) is 19.6. The number of phenolic OH excluding ortho intramolecular Hbond substituents is 1. The number of halogens is 2. The summed E-state index contributed by atoms with van der Waals surface area (Å²) >= 11 is 0. The van der Waals surface area contributed by atoms with Crippen molar-refractivity contribution in [1.29, 1.82) is 0 Å². The number of nitrogens with zero attached hydrogens (tertiary/aromatic N) is 2. The van der Waals surface area contributed by atoms with Gasteiger partial charge in [-0.1, -0.05) is 6.92 Å². The number of nitrogens with two attached hydrogens (primary N) is 1. The molecule has 2 aliphatic rings. The molecule has 0 saturated heterocycles. The number of aromatic nitrogens is 2. The van der Waals surface area contributed by atoms with Crippen LogP contribution in [-0.4, -0.2) is 25.7 Å². The highest BCUT2D eigenvalue weighted by atomic mass is 19.1. The molecule has 5 rings (SSSR count). The molecule has 0 amide bonds. The lowest BCUT2D eigenvalue weighted by Crippen LogP contribution is -2.44. The zero-order valence-corrected chi connectivity index (χ0v) is 16.3. The molecule has 10 heteroatoms. The van der Waals surface area contributed by atoms with Crippen LogP contribution in [-0.2, 0) is 34.8 Å². The van der Waals surface area contributed by atoms with Crippen LogP contribution in [0.25, 0.3) is 22.3 Å². The van der Waals surface area contributed by atoms with E-state index in [1.807, 2.05) is 0 Å². The van der Waals surface area contributed by atoms with E-state index in [0.717, 1.165) is 6.07 Å². The highest BCUT2D eigenvalue weighted by molar-refractivity contribution is 5.90. The minimum atomic E-state index is -1.98. The highest BCUT2D eigenvalue weighted by Gasteiger charge is 2.45. The number of aromatic hydroxyl groups is 1. The number of pyridine rings is 2. The number of aliphatic hydroxyl groups is 1. The number of phenols is 1. The number of esters is 1. The first-order valence-electron chi connectivity index (χ1n) is 9.62. The van der Waals surface area contributed by atoms with Crippen molar-refractivity contribution in [2.24, 2.45) is 5.73 Å². The lowest BCUT2D eigenvalue weighted by atomic mass is 9.86. The van der Waals surface area contributed by atoms with Gasteiger partial charge in [-0.25, -0.2) is 18.6 Å². The molecule has 2 aromatic heterocycles. The molecule has 0 aliphatic carbocycles. The summed E-state index contributed by atoms with van der Waals surface area (Å²) < 4.78 is 35.0. The number of cyclic esters (lactones) is 1. The Hall–Kier alpha value is -3.37. The fraction of sp³-hybridized carbons (Fsp3) is 0.286. The Labute approximate surface area is 173 Å². The van der Waals surface area contributed by atoms with Gasteiger partial charge in [-0.05, 0) is 18.1 Å². The SMILES string of the molecule is CC[C@@]1(O)C(=O)OCc2c1cc1n(c2=O)Cc2c-1nc1cc(F)c(O)c(F)c1c2CN. The summed E-state index contributed by atoms with van der Waals surface area (Å²) in [7, 11) is 0. The Morgan fingerprint density at radius 1 is 1.29 bits per heavy atom. The average molecular weight is 429 g/mol. The van der Waals surface area contributed by atoms with Crippen LogP contribution in [0.1, 0.15) is 35.6 Å². The number of rotatable bonds is 2. The predicted octanol–water partition coefficient (Wildman–Crippen LogP) is 1.52. The molecule has 0 fully saturated rings. The maximum Gasteiger partial charge on any atom is 0.343 e. The van der Waals surface area contributed by atoms with Gasteiger partial charge in [-0.3, -0.25) is 4.79 Å². The van der Waals surface area contributed by atoms with E-state index in [-0.39, 0.29) is 59.4 Å². The average Bonchev–Trinajstić information content (AvgIpc) is 3.12. The lowest BCUT2D eigenvalue weighted by Gasteiger charge is -2.31. The topological polar surface area (TPSA) is 128 Å². The highest BCUT2D eigenvalue weighted by Crippen LogP contribution is 2.41. The predicted molar refractivity (Wildman–Crippen MR) is 104 cm³/mol. The van der Waals surface area contributed by atoms with E-state index in [2.05, 4.69) is 4.98 Å². The van der Waals surface area contributed by atoms with Crippen molar-refractivity contribution in [3.8, 4) is 17.1 Å². The van der Waals surface area contributed by atoms with E-state index in [9.17, 15) is 28.6 Å². The molecule has 4 N–H and O–H groups in total. The zero-order chi connectivity index (χ0) is 22.2. The van der Waals surface area contributed by atoms with E-state index >= 15 is 0 Å². The maximum absolute atomic E-state index is 14.7. The molecule has 0 spiro atoms. The quantitative estimate of drug-likeness (QED) is 0.412. The van der Waals surface area contributed by atoms with Gasteiger partial charge in [0.05, 0.1) is 29.0 Å². The normalized spacial score (nSPS) is 19.2. The van der Waals surface area contributed by atoms with Gasteiger partial charge in [0.2, 0.25) is 0 Å². The number of hydrogen-bond acceptors (Lipinski definition) is 7. The molecule has 0 saturated carbocycles. The van der Waals surface area contributed by atoms with Gasteiger partial charge < -0.3 is 25.3 Å². The maximum atomic E-state index is 14.7. The van der Waals surface area contributed by atoms with E-state index in [1.54, 1.807) is 6.92 Å². The van der Waals surface area contributed by atoms with Crippen LogP contribution in [0, 0.1) is 11.6 Å². The molecular weight excluding hydrogens is 412 g/mol. The van der Waals surface area contributed by atoms with Crippen molar-refractivity contribution in [1.82, 2.24) is 9.55 Å². The fourth-order valence-electron chi connectivity index (χ4n) is 4.47. The molecule has 1 atom stereocenters. The molecule has 3 aromatic rings. The molecule has 0 bridgehead atoms. The van der Waals surface area contributed by atoms with E-state index < -0.39 is 34.5 Å². The largest absolute Gasteiger partial charge is 0.503 e. The third kappa shape index (κ3) is 2.37. The van der Waals surface area contributed by atoms with E-state index in [4.69, 9.17) is 10.5 Å². The number of benzene rings is 1. The molecular formula is C21H17F2N3O5. The van der Waals surface area contributed by atoms with Crippen molar-refractivity contribution in [3.63, 3.8) is 0 Å². The molecule has 1 aromatic carbocycles. The molecule has 2 aliphatic heterocycles. The summed E-state index contributed by atoms with van der Waals surface area (Å²) in [5.74, 6) is -4.33. The number of ether oxygens (including phenoxy) is 1. The van der Waals surface area contributed by atoms with Crippen LogP contribution < -0.4 is 11.3 Å². The van der Waals surface area contributed by atoms with Gasteiger partial charge in [0, 0.05) is 29.1 Å². The Kier molecular flexibility index (Phi) is 3.99. The molecule has 0 unspecified atom stereocenters. The summed E-state index contributed by atoms with van der Waals surface area (Å²) in [4.78, 5) is 29.8. The summed E-state index contributed by atoms with van der Waals surface area (Å²) in [6.07, 6.45) is -0.0104. The number of carbonyl (C=O) groups is 1. The third-order valence-electron chi connectivity index (χ3n) is 6.16. The van der Waals surface area contributed by atoms with Gasteiger partial charge in [-0.15, -0.1) is 0 Å². The molecule has 160 valence electrons. The van der Waals surface area contributed by atoms with E-state index in [1.165, 1.54) is 10.6 Å². The van der Waals surface area contributed by atoms with Crippen molar-refractivity contribution in [2.45, 2.75) is 38.6 Å². The second-order valence-corrected chi connectivity index (χ2v) is 7.64. The summed E-state index contributed by atoms with van der Waals surface area (Å²) in [5, 5.41) is 20.5. The van der Waals surface area contributed by atoms with Crippen molar-refractivity contribution in [2.75, 3.05) is 0 Å². The second-order valence-electron chi connectivity index (χ2n) is 7.64. The molecule has 31 heavy (non-hydrogen) atoms. The Morgan fingerprint density at radius 2 is 2.03 bits per heavy atom. The number of hydrogen-bond donors (Lipinski definition) is 3. The van der Waals surface area contributed by atoms with Crippen LogP contribution in [0.15, 0.2) is 16.9 Å². The zero-order valence-electron chi connectivity index (χ0n) is 16.3. The van der Waals surface area contributed by atoms with Gasteiger partial charge in [0.25, 0.3) is 5.56 Å². The van der Waals surface area contributed by atoms with Gasteiger partial charge in [0.15, 0.2) is 23.0 Å². The van der Waals surface area contributed by atoms with Crippen LogP contribution in [0.4, 0.5) is 8.78 Å². The van der Waals surface area contributed by atoms with Crippen LogP contribution in [0.2, 0.25) is 0 Å². The molecule has 0 radical (unpaired) electrons. The van der Waals surface area contributed by atoms with Crippen molar-refractivity contribution in [3.05, 3.63) is 56.4 Å². The number of fused-ring (bicyclic) bond motifs is 5. The second kappa shape index (κ2) is 6.32. The first-order chi connectivity index (χ1) is 14.7. The van der Waals surface area contributed by atoms with E-state index in [0.29, 0.717) is 11.3 Å². The fourth-order valence-corrected chi connectivity index (χ4v) is 4.47. The lowest BCUT2D eigenvalue weighted by molar-refractivity contribution is -0.172. The number of carbonyl (C=O) groups excluding carboxylic acids is 1. The Balaban J connectivity index is 1.86. The summed E-state index contributed by atoms with van der Waals surface area (Å²) in [6, 6.07) is 2.39. The third-order valence-corrected chi connectivity index (χ3v) is 6.16. The standard InChI is InChI=1S/C21H17F2N3O5/c1-2-21(30)11-3-14-17-9(6-26(14)19(28)10(11)7-31-20(21)29)8(5-24)15-13(25-17)4-12(22)18(27)16(15)23/h3-4,27,30H,2,5-7,24H2,1H3/t21-/m0/s1. The first-order valence-corrected chi connectivity index (χ1v) is 9.62.